The Kier molecular flexibility index (Phi) is 4.93. The highest BCUT2D eigenvalue weighted by molar-refractivity contribution is 5.83. The molecule has 0 aromatic heterocycles. The van der Waals surface area contributed by atoms with E-state index >= 15 is 0 Å². The first-order valence-corrected chi connectivity index (χ1v) is 4.80. The van der Waals surface area contributed by atoms with E-state index in [-0.39, 0.29) is 0 Å². The number of ether oxygens (including phenoxy) is 1. The molecule has 78 valence electrons. The van der Waals surface area contributed by atoms with Gasteiger partial charge in [0.05, 0.1) is 12.7 Å². The lowest BCUT2D eigenvalue weighted by Crippen LogP contribution is -2.32. The molecule has 0 N–H and O–H groups in total. The predicted molar refractivity (Wildman–Crippen MR) is 54.4 cm³/mol. The fraction of sp³-hybridized carbons (Fsp3) is 0.636. The Bertz CT molecular complexity index is 276. The Hall–Kier alpha value is -1.30. The molecule has 1 atom stereocenters. The standard InChI is InChI=1S/C11H17NO2/c1-5-9(4)11(6-2,8-12)10(13)14-7-3/h5H,6-7H2,1-4H3/b9-5-. The van der Waals surface area contributed by atoms with E-state index in [1.165, 1.54) is 0 Å². The van der Waals surface area contributed by atoms with Gasteiger partial charge < -0.3 is 4.74 Å². The molecule has 0 radical (unpaired) electrons. The van der Waals surface area contributed by atoms with Crippen LogP contribution >= 0.6 is 0 Å². The summed E-state index contributed by atoms with van der Waals surface area (Å²) in [6.07, 6.45) is 2.22. The summed E-state index contributed by atoms with van der Waals surface area (Å²) in [7, 11) is 0. The van der Waals surface area contributed by atoms with Gasteiger partial charge >= 0.3 is 5.97 Å². The van der Waals surface area contributed by atoms with Gasteiger partial charge in [0.2, 0.25) is 0 Å². The number of carbonyl (C=O) groups excluding carboxylic acids is 1. The molecular formula is C11H17NO2. The normalized spacial score (nSPS) is 15.5. The minimum absolute atomic E-state index is 0.305. The molecule has 0 amide bonds. The number of hydrogen-bond acceptors (Lipinski definition) is 3. The zero-order valence-corrected chi connectivity index (χ0v) is 9.26. The van der Waals surface area contributed by atoms with Crippen molar-refractivity contribution in [2.75, 3.05) is 6.61 Å². The first-order valence-electron chi connectivity index (χ1n) is 4.80. The number of esters is 1. The third-order valence-electron chi connectivity index (χ3n) is 2.45. The molecule has 0 bridgehead atoms. The van der Waals surface area contributed by atoms with Crippen LogP contribution in [0.3, 0.4) is 0 Å². The van der Waals surface area contributed by atoms with E-state index in [0.717, 1.165) is 5.57 Å². The lowest BCUT2D eigenvalue weighted by molar-refractivity contribution is -0.150. The number of carbonyl (C=O) groups is 1. The Morgan fingerprint density at radius 1 is 1.57 bits per heavy atom. The third kappa shape index (κ3) is 2.14. The topological polar surface area (TPSA) is 50.1 Å². The van der Waals surface area contributed by atoms with E-state index in [0.29, 0.717) is 13.0 Å². The quantitative estimate of drug-likeness (QED) is 0.511. The molecule has 3 heteroatoms. The van der Waals surface area contributed by atoms with Gasteiger partial charge in [-0.3, -0.25) is 0 Å². The first-order chi connectivity index (χ1) is 6.58. The van der Waals surface area contributed by atoms with Crippen molar-refractivity contribution < 1.29 is 9.53 Å². The van der Waals surface area contributed by atoms with E-state index in [1.54, 1.807) is 19.9 Å². The van der Waals surface area contributed by atoms with Gasteiger partial charge in [-0.1, -0.05) is 13.0 Å². The second-order valence-electron chi connectivity index (χ2n) is 3.06. The van der Waals surface area contributed by atoms with Crippen molar-refractivity contribution in [2.45, 2.75) is 34.1 Å². The van der Waals surface area contributed by atoms with E-state index in [4.69, 9.17) is 10.00 Å². The molecule has 0 saturated heterocycles. The van der Waals surface area contributed by atoms with Crippen LogP contribution in [0.2, 0.25) is 0 Å². The second-order valence-corrected chi connectivity index (χ2v) is 3.06. The van der Waals surface area contributed by atoms with Gasteiger partial charge in [-0.05, 0) is 32.8 Å². The van der Waals surface area contributed by atoms with Crippen molar-refractivity contribution in [3.8, 4) is 6.07 Å². The average molecular weight is 195 g/mol. The van der Waals surface area contributed by atoms with Crippen LogP contribution in [0.1, 0.15) is 34.1 Å². The van der Waals surface area contributed by atoms with Crippen LogP contribution in [0.4, 0.5) is 0 Å². The molecule has 14 heavy (non-hydrogen) atoms. The lowest BCUT2D eigenvalue weighted by Gasteiger charge is -2.23. The highest BCUT2D eigenvalue weighted by atomic mass is 16.5. The monoisotopic (exact) mass is 195 g/mol. The van der Waals surface area contributed by atoms with Crippen molar-refractivity contribution in [1.82, 2.24) is 0 Å². The summed E-state index contributed by atoms with van der Waals surface area (Å²) < 4.78 is 4.91. The number of hydrogen-bond donors (Lipinski definition) is 0. The van der Waals surface area contributed by atoms with Crippen LogP contribution in [0.15, 0.2) is 11.6 Å². The van der Waals surface area contributed by atoms with E-state index in [1.807, 2.05) is 13.8 Å². The zero-order valence-electron chi connectivity index (χ0n) is 9.26. The average Bonchev–Trinajstić information content (AvgIpc) is 2.20. The summed E-state index contributed by atoms with van der Waals surface area (Å²) in [5.74, 6) is -0.444. The zero-order chi connectivity index (χ0) is 11.2. The van der Waals surface area contributed by atoms with E-state index < -0.39 is 11.4 Å². The summed E-state index contributed by atoms with van der Waals surface area (Å²) in [5.41, 5.74) is -0.342. The molecule has 0 rings (SSSR count). The van der Waals surface area contributed by atoms with Gasteiger partial charge in [0.1, 0.15) is 0 Å². The van der Waals surface area contributed by atoms with Gasteiger partial charge in [0.15, 0.2) is 5.41 Å². The summed E-state index contributed by atoms with van der Waals surface area (Å²) in [4.78, 5) is 11.6. The van der Waals surface area contributed by atoms with Crippen molar-refractivity contribution in [3.63, 3.8) is 0 Å². The number of nitrogens with zero attached hydrogens (tertiary/aromatic N) is 1. The smallest absolute Gasteiger partial charge is 0.330 e. The first kappa shape index (κ1) is 12.7. The number of allylic oxidation sites excluding steroid dienone is 1. The SMILES string of the molecule is C/C=C(/C)C(C#N)(CC)C(=O)OCC. The van der Waals surface area contributed by atoms with E-state index in [2.05, 4.69) is 6.07 Å². The van der Waals surface area contributed by atoms with Crippen molar-refractivity contribution >= 4 is 5.97 Å². The van der Waals surface area contributed by atoms with Gasteiger partial charge in [0, 0.05) is 0 Å². The Balaban J connectivity index is 5.10. The highest BCUT2D eigenvalue weighted by Gasteiger charge is 2.39. The van der Waals surface area contributed by atoms with Gasteiger partial charge in [-0.2, -0.15) is 5.26 Å². The van der Waals surface area contributed by atoms with Crippen LogP contribution in [0.25, 0.3) is 0 Å². The van der Waals surface area contributed by atoms with Crippen molar-refractivity contribution in [3.05, 3.63) is 11.6 Å². The summed E-state index contributed by atoms with van der Waals surface area (Å²) in [5, 5.41) is 9.08. The van der Waals surface area contributed by atoms with Gasteiger partial charge in [-0.25, -0.2) is 4.79 Å². The van der Waals surface area contributed by atoms with Crippen LogP contribution in [0, 0.1) is 16.7 Å². The Labute approximate surface area is 85.4 Å². The molecule has 0 aliphatic carbocycles. The second kappa shape index (κ2) is 5.43. The molecular weight excluding hydrogens is 178 g/mol. The molecule has 0 fully saturated rings. The fourth-order valence-electron chi connectivity index (χ4n) is 1.30. The molecule has 0 aliphatic heterocycles. The molecule has 0 aromatic rings. The van der Waals surface area contributed by atoms with E-state index in [9.17, 15) is 4.79 Å². The summed E-state index contributed by atoms with van der Waals surface area (Å²) in [6, 6.07) is 2.06. The van der Waals surface area contributed by atoms with Crippen LogP contribution in [0.5, 0.6) is 0 Å². The summed E-state index contributed by atoms with van der Waals surface area (Å²) in [6.45, 7) is 7.45. The van der Waals surface area contributed by atoms with Gasteiger partial charge in [-0.15, -0.1) is 0 Å². The Morgan fingerprint density at radius 3 is 2.43 bits per heavy atom. The highest BCUT2D eigenvalue weighted by Crippen LogP contribution is 2.31. The molecule has 1 unspecified atom stereocenters. The molecule has 0 saturated carbocycles. The molecule has 0 heterocycles. The van der Waals surface area contributed by atoms with Crippen LogP contribution in [-0.4, -0.2) is 12.6 Å². The molecule has 3 nitrogen and oxygen atoms in total. The maximum absolute atomic E-state index is 11.6. The lowest BCUT2D eigenvalue weighted by atomic mass is 9.79. The maximum Gasteiger partial charge on any atom is 0.330 e. The van der Waals surface area contributed by atoms with Crippen LogP contribution < -0.4 is 0 Å². The van der Waals surface area contributed by atoms with Crippen molar-refractivity contribution in [1.29, 1.82) is 5.26 Å². The predicted octanol–water partition coefficient (Wildman–Crippen LogP) is 2.44. The van der Waals surface area contributed by atoms with Crippen LogP contribution in [-0.2, 0) is 9.53 Å². The minimum Gasteiger partial charge on any atom is -0.465 e. The molecule has 0 spiro atoms. The third-order valence-corrected chi connectivity index (χ3v) is 2.45. The fourth-order valence-corrected chi connectivity index (χ4v) is 1.30. The maximum atomic E-state index is 11.6. The minimum atomic E-state index is -1.09. The molecule has 0 aliphatic rings. The van der Waals surface area contributed by atoms with Gasteiger partial charge in [0.25, 0.3) is 0 Å². The molecule has 0 aromatic carbocycles. The van der Waals surface area contributed by atoms with Crippen molar-refractivity contribution in [2.24, 2.45) is 5.41 Å². The largest absolute Gasteiger partial charge is 0.465 e. The number of rotatable bonds is 4. The Morgan fingerprint density at radius 2 is 2.14 bits per heavy atom. The number of nitriles is 1. The summed E-state index contributed by atoms with van der Waals surface area (Å²) >= 11 is 0.